The van der Waals surface area contributed by atoms with Crippen molar-refractivity contribution in [1.82, 2.24) is 0 Å². The van der Waals surface area contributed by atoms with E-state index in [4.69, 9.17) is 0 Å². The van der Waals surface area contributed by atoms with E-state index in [1.807, 2.05) is 0 Å². The Hall–Kier alpha value is -5.80. The normalized spacial score (nSPS) is 15.1. The molecule has 0 N–H and O–H groups in total. The Balaban J connectivity index is 1.39. The molecule has 1 aliphatic carbocycles. The lowest BCUT2D eigenvalue weighted by atomic mass is 9.41. The van der Waals surface area contributed by atoms with Crippen molar-refractivity contribution in [3.63, 3.8) is 0 Å². The van der Waals surface area contributed by atoms with E-state index in [0.717, 1.165) is 0 Å². The van der Waals surface area contributed by atoms with Gasteiger partial charge in [0.2, 0.25) is 0 Å². The molecule has 0 saturated carbocycles. The van der Waals surface area contributed by atoms with Crippen LogP contribution in [-0.2, 0) is 27.1 Å². The molecule has 7 aromatic rings. The Morgan fingerprint density at radius 1 is 0.391 bits per heavy atom. The standard InChI is InChI=1S/C61H65BN2/c1-57(2,3)39-24-28-43(29-25-39)64-51-32-27-41(59(7,8)9)35-47(51)48-36-42(60(10,11)12)37-53-55(48)62(64)56-52(33-30-45-44-22-18-19-23-49(44)61(13,14)54(45)56)63(53)50-31-26-40(58(4,5)6)34-46(50)38-20-16-15-17-21-38/h15-37H,1-14H3. The van der Waals surface area contributed by atoms with Gasteiger partial charge in [-0.2, -0.15) is 0 Å². The van der Waals surface area contributed by atoms with Crippen LogP contribution in [0.4, 0.5) is 28.4 Å². The summed E-state index contributed by atoms with van der Waals surface area (Å²) >= 11 is 0. The lowest BCUT2D eigenvalue weighted by Gasteiger charge is -2.48. The lowest BCUT2D eigenvalue weighted by molar-refractivity contribution is 0.589. The monoisotopic (exact) mass is 837 g/mol. The largest absolute Gasteiger partial charge is 0.376 e. The summed E-state index contributed by atoms with van der Waals surface area (Å²) in [5.41, 5.74) is 24.6. The van der Waals surface area contributed by atoms with Crippen LogP contribution in [0.15, 0.2) is 140 Å². The van der Waals surface area contributed by atoms with Gasteiger partial charge in [0.05, 0.1) is 5.69 Å². The van der Waals surface area contributed by atoms with Gasteiger partial charge < -0.3 is 9.71 Å². The van der Waals surface area contributed by atoms with Crippen LogP contribution >= 0.6 is 0 Å². The molecular weight excluding hydrogens is 771 g/mol. The van der Waals surface area contributed by atoms with Crippen LogP contribution in [0, 0.1) is 0 Å². The van der Waals surface area contributed by atoms with E-state index in [-0.39, 0.29) is 33.9 Å². The number of benzene rings is 7. The molecule has 3 aliphatic rings. The highest BCUT2D eigenvalue weighted by atomic mass is 15.2. The molecule has 322 valence electrons. The number of rotatable bonds is 3. The summed E-state index contributed by atoms with van der Waals surface area (Å²) in [6, 6.07) is 54.4. The zero-order valence-electron chi connectivity index (χ0n) is 40.8. The van der Waals surface area contributed by atoms with E-state index < -0.39 is 0 Å². The average molecular weight is 837 g/mol. The van der Waals surface area contributed by atoms with Crippen molar-refractivity contribution in [3.05, 3.63) is 173 Å². The Labute approximate surface area is 384 Å². The Kier molecular flexibility index (Phi) is 9.29. The molecule has 0 saturated heterocycles. The molecule has 0 aromatic heterocycles. The predicted octanol–water partition coefficient (Wildman–Crippen LogP) is 15.6. The van der Waals surface area contributed by atoms with Crippen LogP contribution in [0.2, 0.25) is 0 Å². The first-order valence-electron chi connectivity index (χ1n) is 23.6. The summed E-state index contributed by atoms with van der Waals surface area (Å²) in [5, 5.41) is 0. The van der Waals surface area contributed by atoms with Gasteiger partial charge in [-0.3, -0.25) is 0 Å². The third-order valence-corrected chi connectivity index (χ3v) is 14.7. The number of hydrogen-bond acceptors (Lipinski definition) is 2. The van der Waals surface area contributed by atoms with Crippen LogP contribution in [0.1, 0.15) is 130 Å². The van der Waals surface area contributed by atoms with Crippen molar-refractivity contribution in [2.75, 3.05) is 9.71 Å². The summed E-state index contributed by atoms with van der Waals surface area (Å²) in [6.07, 6.45) is 0. The number of nitrogens with zero attached hydrogens (tertiary/aromatic N) is 2. The van der Waals surface area contributed by atoms with Gasteiger partial charge in [0.1, 0.15) is 0 Å². The predicted molar refractivity (Wildman–Crippen MR) is 278 cm³/mol. The van der Waals surface area contributed by atoms with Crippen LogP contribution in [0.3, 0.4) is 0 Å². The van der Waals surface area contributed by atoms with E-state index >= 15 is 0 Å². The second-order valence-corrected chi connectivity index (χ2v) is 23.5. The minimum Gasteiger partial charge on any atom is -0.376 e. The molecule has 2 nitrogen and oxygen atoms in total. The van der Waals surface area contributed by atoms with E-state index in [2.05, 4.69) is 246 Å². The van der Waals surface area contributed by atoms with Crippen molar-refractivity contribution < 1.29 is 0 Å². The van der Waals surface area contributed by atoms with Crippen molar-refractivity contribution in [2.24, 2.45) is 0 Å². The fourth-order valence-corrected chi connectivity index (χ4v) is 11.0. The number of fused-ring (bicyclic) bond motifs is 8. The Morgan fingerprint density at radius 2 is 0.922 bits per heavy atom. The molecule has 0 bridgehead atoms. The molecule has 2 aliphatic heterocycles. The van der Waals surface area contributed by atoms with Gasteiger partial charge in [-0.1, -0.05) is 188 Å². The van der Waals surface area contributed by atoms with E-state index in [0.29, 0.717) is 0 Å². The highest BCUT2D eigenvalue weighted by Gasteiger charge is 2.51. The molecular formula is C61H65BN2. The molecule has 0 unspecified atom stereocenters. The van der Waals surface area contributed by atoms with Gasteiger partial charge in [-0.15, -0.1) is 0 Å². The zero-order valence-corrected chi connectivity index (χ0v) is 40.8. The first kappa shape index (κ1) is 42.2. The Morgan fingerprint density at radius 3 is 1.55 bits per heavy atom. The van der Waals surface area contributed by atoms with E-state index in [1.54, 1.807) is 0 Å². The van der Waals surface area contributed by atoms with Crippen molar-refractivity contribution in [2.45, 2.75) is 124 Å². The number of anilines is 5. The third kappa shape index (κ3) is 6.51. The maximum Gasteiger partial charge on any atom is 0.333 e. The van der Waals surface area contributed by atoms with Crippen LogP contribution < -0.4 is 20.6 Å². The topological polar surface area (TPSA) is 6.48 Å². The average Bonchev–Trinajstić information content (AvgIpc) is 3.48. The molecule has 0 spiro atoms. The molecule has 0 atom stereocenters. The zero-order chi connectivity index (χ0) is 45.5. The summed E-state index contributed by atoms with van der Waals surface area (Å²) < 4.78 is 0. The SMILES string of the molecule is CC(C)(C)c1ccc(N2B3c4c(cc(C(C)(C)C)cc4N(c4ccc(C(C)(C)C)cc4-c4ccccc4)c4ccc5c(c43)C(C)(C)c3ccccc3-5)-c3cc(C(C)(C)C)ccc32)cc1. The smallest absolute Gasteiger partial charge is 0.333 e. The van der Waals surface area contributed by atoms with E-state index in [9.17, 15) is 0 Å². The molecule has 2 heterocycles. The minimum absolute atomic E-state index is 0.0214. The molecule has 0 fully saturated rings. The third-order valence-electron chi connectivity index (χ3n) is 14.7. The second-order valence-electron chi connectivity index (χ2n) is 23.5. The second kappa shape index (κ2) is 14.1. The fraction of sp³-hybridized carbons (Fsp3) is 0.311. The maximum absolute atomic E-state index is 2.72. The van der Waals surface area contributed by atoms with Crippen molar-refractivity contribution in [1.29, 1.82) is 0 Å². The quantitative estimate of drug-likeness (QED) is 0.164. The molecule has 0 amide bonds. The van der Waals surface area contributed by atoms with Gasteiger partial charge in [-0.05, 0) is 137 Å². The van der Waals surface area contributed by atoms with Crippen LogP contribution in [0.25, 0.3) is 33.4 Å². The van der Waals surface area contributed by atoms with Crippen LogP contribution in [0.5, 0.6) is 0 Å². The molecule has 0 radical (unpaired) electrons. The summed E-state index contributed by atoms with van der Waals surface area (Å²) in [5.74, 6) is 0. The van der Waals surface area contributed by atoms with Gasteiger partial charge in [0, 0.05) is 39.3 Å². The fourth-order valence-electron chi connectivity index (χ4n) is 11.0. The number of hydrogen-bond donors (Lipinski definition) is 0. The summed E-state index contributed by atoms with van der Waals surface area (Å²) in [6.45, 7) is 32.9. The maximum atomic E-state index is 2.72. The Bertz CT molecular complexity index is 3000. The van der Waals surface area contributed by atoms with Crippen LogP contribution in [-0.4, -0.2) is 6.85 Å². The first-order valence-corrected chi connectivity index (χ1v) is 23.6. The molecule has 64 heavy (non-hydrogen) atoms. The summed E-state index contributed by atoms with van der Waals surface area (Å²) in [4.78, 5) is 5.39. The lowest BCUT2D eigenvalue weighted by Crippen LogP contribution is -2.63. The van der Waals surface area contributed by atoms with Gasteiger partial charge in [0.25, 0.3) is 0 Å². The van der Waals surface area contributed by atoms with Gasteiger partial charge in [-0.25, -0.2) is 0 Å². The minimum atomic E-state index is -0.248. The molecule has 3 heteroatoms. The molecule has 7 aromatic carbocycles. The molecule has 10 rings (SSSR count). The first-order chi connectivity index (χ1) is 30.0. The van der Waals surface area contributed by atoms with E-state index in [1.165, 1.54) is 106 Å². The highest BCUT2D eigenvalue weighted by Crippen LogP contribution is 2.55. The van der Waals surface area contributed by atoms with Gasteiger partial charge in [0.15, 0.2) is 0 Å². The van der Waals surface area contributed by atoms with Crippen molar-refractivity contribution >= 4 is 46.2 Å². The van der Waals surface area contributed by atoms with Crippen molar-refractivity contribution in [3.8, 4) is 33.4 Å². The summed E-state index contributed by atoms with van der Waals surface area (Å²) in [7, 11) is 0. The highest BCUT2D eigenvalue weighted by molar-refractivity contribution is 6.94. The van der Waals surface area contributed by atoms with Gasteiger partial charge >= 0.3 is 6.85 Å².